The minimum absolute atomic E-state index is 0. The largest absolute Gasteiger partial charge is 1.00 e. The Morgan fingerprint density at radius 1 is 1.11 bits per heavy atom. The molecule has 0 aliphatic rings. The molecule has 0 aromatic carbocycles. The molecule has 52 valence electrons. The van der Waals surface area contributed by atoms with E-state index < -0.39 is 0 Å². The minimum Gasteiger partial charge on any atom is -1.00 e. The van der Waals surface area contributed by atoms with Crippen LogP contribution in [0.15, 0.2) is 0 Å². The van der Waals surface area contributed by atoms with Gasteiger partial charge in [-0.1, -0.05) is 20.8 Å². The van der Waals surface area contributed by atoms with Crippen molar-refractivity contribution in [3.05, 3.63) is 0 Å². The molecule has 0 aliphatic heterocycles. The summed E-state index contributed by atoms with van der Waals surface area (Å²) in [6.45, 7) is 10.3. The Bertz CT molecular complexity index is 48.9. The molecular formula is C7H18LiN. The Kier molecular flexibility index (Phi) is 11.7. The molecule has 0 aliphatic carbocycles. The maximum Gasteiger partial charge on any atom is 1.00 e. The van der Waals surface area contributed by atoms with Crippen molar-refractivity contribution in [3.63, 3.8) is 0 Å². The van der Waals surface area contributed by atoms with Crippen LogP contribution in [-0.2, 0) is 0 Å². The van der Waals surface area contributed by atoms with Gasteiger partial charge in [0.15, 0.2) is 0 Å². The summed E-state index contributed by atoms with van der Waals surface area (Å²) >= 11 is 0. The maximum atomic E-state index is 2.43. The molecule has 0 spiro atoms. The zero-order chi connectivity index (χ0) is 6.41. The van der Waals surface area contributed by atoms with Gasteiger partial charge in [0.05, 0.1) is 0 Å². The van der Waals surface area contributed by atoms with Crippen molar-refractivity contribution in [3.8, 4) is 0 Å². The standard InChI is InChI=1S/C7H17N.Li.H/c1-4-7-8(5-2)6-3;;/h4-7H2,1-3H3;;/q;+1;-1. The van der Waals surface area contributed by atoms with Gasteiger partial charge >= 0.3 is 18.9 Å². The van der Waals surface area contributed by atoms with E-state index in [4.69, 9.17) is 0 Å². The van der Waals surface area contributed by atoms with E-state index >= 15 is 0 Å². The van der Waals surface area contributed by atoms with Crippen LogP contribution in [0.5, 0.6) is 0 Å². The van der Waals surface area contributed by atoms with Crippen LogP contribution in [0.2, 0.25) is 0 Å². The molecule has 9 heavy (non-hydrogen) atoms. The van der Waals surface area contributed by atoms with E-state index in [0.29, 0.717) is 0 Å². The first-order chi connectivity index (χ1) is 3.85. The molecule has 0 saturated carbocycles. The summed E-state index contributed by atoms with van der Waals surface area (Å²) in [6.07, 6.45) is 1.28. The summed E-state index contributed by atoms with van der Waals surface area (Å²) < 4.78 is 0. The van der Waals surface area contributed by atoms with Gasteiger partial charge in [-0.15, -0.1) is 0 Å². The van der Waals surface area contributed by atoms with E-state index in [9.17, 15) is 0 Å². The Balaban J connectivity index is -0.000000245. The molecule has 0 aromatic rings. The van der Waals surface area contributed by atoms with Gasteiger partial charge < -0.3 is 6.33 Å². The molecule has 0 amide bonds. The normalized spacial score (nSPS) is 9.33. The third kappa shape index (κ3) is 6.44. The van der Waals surface area contributed by atoms with Gasteiger partial charge in [-0.25, -0.2) is 0 Å². The molecule has 0 aromatic heterocycles. The van der Waals surface area contributed by atoms with Gasteiger partial charge in [0, 0.05) is 0 Å². The average molecular weight is 123 g/mol. The summed E-state index contributed by atoms with van der Waals surface area (Å²) in [7, 11) is 0. The smallest absolute Gasteiger partial charge is 1.00 e. The molecule has 2 heteroatoms. The Hall–Kier alpha value is 0.557. The van der Waals surface area contributed by atoms with Crippen molar-refractivity contribution in [2.75, 3.05) is 19.6 Å². The summed E-state index contributed by atoms with van der Waals surface area (Å²) in [6, 6.07) is 0. The second-order valence-electron chi connectivity index (χ2n) is 2.03. The first kappa shape index (κ1) is 12.3. The van der Waals surface area contributed by atoms with Crippen LogP contribution in [0.1, 0.15) is 28.6 Å². The average Bonchev–Trinajstić information content (AvgIpc) is 1.83. The van der Waals surface area contributed by atoms with Crippen LogP contribution in [0, 0.1) is 0 Å². The van der Waals surface area contributed by atoms with Crippen LogP contribution >= 0.6 is 0 Å². The van der Waals surface area contributed by atoms with Crippen LogP contribution < -0.4 is 18.9 Å². The molecule has 0 fully saturated rings. The summed E-state index contributed by atoms with van der Waals surface area (Å²) in [5, 5.41) is 0. The van der Waals surface area contributed by atoms with Crippen molar-refractivity contribution in [2.24, 2.45) is 0 Å². The predicted octanol–water partition coefficient (Wildman–Crippen LogP) is -1.15. The number of hydrogen-bond donors (Lipinski definition) is 0. The SMILES string of the molecule is CCCN(CC)CC.[H-].[Li+]. The molecule has 0 atom stereocenters. The van der Waals surface area contributed by atoms with Gasteiger partial charge in [-0.3, -0.25) is 0 Å². The zero-order valence-electron chi connectivity index (χ0n) is 8.28. The monoisotopic (exact) mass is 123 g/mol. The summed E-state index contributed by atoms with van der Waals surface area (Å²) in [4.78, 5) is 2.43. The summed E-state index contributed by atoms with van der Waals surface area (Å²) in [5.74, 6) is 0. The topological polar surface area (TPSA) is 3.24 Å². The molecule has 0 N–H and O–H groups in total. The molecule has 0 radical (unpaired) electrons. The minimum atomic E-state index is 0. The van der Waals surface area contributed by atoms with Gasteiger partial charge in [0.1, 0.15) is 0 Å². The summed E-state index contributed by atoms with van der Waals surface area (Å²) in [5.41, 5.74) is 0. The third-order valence-electron chi connectivity index (χ3n) is 1.43. The van der Waals surface area contributed by atoms with Crippen LogP contribution in [0.3, 0.4) is 0 Å². The van der Waals surface area contributed by atoms with Crippen molar-refractivity contribution in [1.82, 2.24) is 4.90 Å². The van der Waals surface area contributed by atoms with E-state index in [-0.39, 0.29) is 20.3 Å². The predicted molar refractivity (Wildman–Crippen MR) is 39.2 cm³/mol. The van der Waals surface area contributed by atoms with Gasteiger partial charge in [-0.2, -0.15) is 0 Å². The Morgan fingerprint density at radius 3 is 1.67 bits per heavy atom. The fourth-order valence-corrected chi connectivity index (χ4v) is 0.856. The third-order valence-corrected chi connectivity index (χ3v) is 1.43. The van der Waals surface area contributed by atoms with Gasteiger partial charge in [0.25, 0.3) is 0 Å². The zero-order valence-corrected chi connectivity index (χ0v) is 7.28. The quantitative estimate of drug-likeness (QED) is 0.427. The van der Waals surface area contributed by atoms with Gasteiger partial charge in [-0.05, 0) is 26.1 Å². The van der Waals surface area contributed by atoms with E-state index in [1.165, 1.54) is 26.1 Å². The molecule has 1 nitrogen and oxygen atoms in total. The molecule has 0 saturated heterocycles. The van der Waals surface area contributed by atoms with Crippen molar-refractivity contribution >= 4 is 0 Å². The van der Waals surface area contributed by atoms with Crippen molar-refractivity contribution < 1.29 is 20.3 Å². The fourth-order valence-electron chi connectivity index (χ4n) is 0.856. The Morgan fingerprint density at radius 2 is 1.56 bits per heavy atom. The van der Waals surface area contributed by atoms with E-state index in [1.54, 1.807) is 0 Å². The second kappa shape index (κ2) is 8.56. The van der Waals surface area contributed by atoms with Gasteiger partial charge in [0.2, 0.25) is 0 Å². The molecule has 0 rings (SSSR count). The number of hydrogen-bond acceptors (Lipinski definition) is 1. The van der Waals surface area contributed by atoms with Crippen LogP contribution in [0.25, 0.3) is 0 Å². The first-order valence-corrected chi connectivity index (χ1v) is 3.57. The van der Waals surface area contributed by atoms with Crippen LogP contribution in [0.4, 0.5) is 0 Å². The molecule has 0 unspecified atom stereocenters. The Labute approximate surface area is 72.5 Å². The molecule has 0 heterocycles. The van der Waals surface area contributed by atoms with Crippen LogP contribution in [-0.4, -0.2) is 24.5 Å². The van der Waals surface area contributed by atoms with E-state index in [2.05, 4.69) is 25.7 Å². The van der Waals surface area contributed by atoms with Crippen molar-refractivity contribution in [1.29, 1.82) is 0 Å². The van der Waals surface area contributed by atoms with Crippen molar-refractivity contribution in [2.45, 2.75) is 27.2 Å². The molecule has 0 bridgehead atoms. The van der Waals surface area contributed by atoms with E-state index in [0.717, 1.165) is 0 Å². The first-order valence-electron chi connectivity index (χ1n) is 3.57. The number of rotatable bonds is 4. The second-order valence-corrected chi connectivity index (χ2v) is 2.03. The maximum absolute atomic E-state index is 2.43. The molecular weight excluding hydrogens is 105 g/mol. The fraction of sp³-hybridized carbons (Fsp3) is 1.00. The van der Waals surface area contributed by atoms with E-state index in [1.807, 2.05) is 0 Å². The number of nitrogens with zero attached hydrogens (tertiary/aromatic N) is 1.